The van der Waals surface area contributed by atoms with Crippen LogP contribution in [0.4, 0.5) is 0 Å². The van der Waals surface area contributed by atoms with Crippen molar-refractivity contribution in [1.82, 2.24) is 5.32 Å². The van der Waals surface area contributed by atoms with Crippen LogP contribution in [0.5, 0.6) is 0 Å². The van der Waals surface area contributed by atoms with Crippen LogP contribution in [0.3, 0.4) is 0 Å². The van der Waals surface area contributed by atoms with E-state index in [2.05, 4.69) is 17.6 Å². The van der Waals surface area contributed by atoms with Gasteiger partial charge in [-0.2, -0.15) is 6.42 Å². The molecule has 0 saturated carbocycles. The van der Waals surface area contributed by atoms with Crippen molar-refractivity contribution in [3.63, 3.8) is 0 Å². The minimum Gasteiger partial charge on any atom is -0.638 e. The summed E-state index contributed by atoms with van der Waals surface area (Å²) in [7, 11) is -2.87. The van der Waals surface area contributed by atoms with Crippen molar-refractivity contribution in [1.29, 1.82) is 0 Å². The number of hydrogen-bond acceptors (Lipinski definition) is 4. The van der Waals surface area contributed by atoms with Crippen LogP contribution in [-0.2, 0) is 42.5 Å². The molecule has 14 heavy (non-hydrogen) atoms. The normalized spacial score (nSPS) is 14.4. The van der Waals surface area contributed by atoms with E-state index >= 15 is 0 Å². The third-order valence-electron chi connectivity index (χ3n) is 1.33. The number of sulfone groups is 1. The van der Waals surface area contributed by atoms with Crippen LogP contribution < -0.4 is 11.1 Å². The van der Waals surface area contributed by atoms with E-state index in [1.54, 1.807) is 0 Å². The topological polar surface area (TPSA) is 86.3 Å². The van der Waals surface area contributed by atoms with Crippen molar-refractivity contribution >= 4 is 9.84 Å². The monoisotopic (exact) mass is 296 g/mol. The molecule has 0 spiro atoms. The molecular weight excluding hydrogens is 279 g/mol. The standard InChI is InChI=1S/C5H12NO2S.C2H5N2.Y/c1-2-4-9(7,8)5-3-6;1-3-2-4-1;/h1-6H2;3H,1-2H2;/q2*-1;. The molecule has 0 aliphatic carbocycles. The Morgan fingerprint density at radius 3 is 2.00 bits per heavy atom. The summed E-state index contributed by atoms with van der Waals surface area (Å²) in [6.07, 6.45) is 0.433. The van der Waals surface area contributed by atoms with Gasteiger partial charge in [0.05, 0.1) is 5.75 Å². The van der Waals surface area contributed by atoms with Crippen LogP contribution in [0.15, 0.2) is 0 Å². The molecule has 0 aromatic rings. The first-order valence-electron chi connectivity index (χ1n) is 4.16. The second kappa shape index (κ2) is 10.5. The first kappa shape index (κ1) is 17.3. The quantitative estimate of drug-likeness (QED) is 0.682. The molecule has 1 heterocycles. The van der Waals surface area contributed by atoms with Crippen molar-refractivity contribution in [2.24, 2.45) is 5.73 Å². The van der Waals surface area contributed by atoms with E-state index in [9.17, 15) is 8.42 Å². The van der Waals surface area contributed by atoms with Gasteiger partial charge in [0.25, 0.3) is 0 Å². The van der Waals surface area contributed by atoms with E-state index in [1.807, 2.05) is 0 Å². The predicted molar refractivity (Wildman–Crippen MR) is 53.9 cm³/mol. The maximum Gasteiger partial charge on any atom is 0.149 e. The fraction of sp³-hybridized carbons (Fsp3) is 0.857. The predicted octanol–water partition coefficient (Wildman–Crippen LogP) is -0.540. The van der Waals surface area contributed by atoms with Crippen molar-refractivity contribution < 1.29 is 41.1 Å². The molecule has 1 saturated heterocycles. The van der Waals surface area contributed by atoms with E-state index < -0.39 is 9.84 Å². The van der Waals surface area contributed by atoms with Crippen molar-refractivity contribution in [2.45, 2.75) is 6.42 Å². The van der Waals surface area contributed by atoms with Crippen LogP contribution in [0.2, 0.25) is 0 Å². The van der Waals surface area contributed by atoms with Gasteiger partial charge in [0.2, 0.25) is 0 Å². The van der Waals surface area contributed by atoms with Crippen LogP contribution in [-0.4, -0.2) is 39.8 Å². The summed E-state index contributed by atoms with van der Waals surface area (Å²) >= 11 is 0. The van der Waals surface area contributed by atoms with E-state index in [1.165, 1.54) is 0 Å². The molecule has 5 nitrogen and oxygen atoms in total. The van der Waals surface area contributed by atoms with E-state index in [0.29, 0.717) is 6.42 Å². The second-order valence-electron chi connectivity index (χ2n) is 2.58. The largest absolute Gasteiger partial charge is 0.638 e. The van der Waals surface area contributed by atoms with Crippen LogP contribution in [0.25, 0.3) is 5.32 Å². The molecule has 1 aliphatic heterocycles. The van der Waals surface area contributed by atoms with Gasteiger partial charge >= 0.3 is 0 Å². The van der Waals surface area contributed by atoms with E-state index in [0.717, 1.165) is 13.3 Å². The fourth-order valence-electron chi connectivity index (χ4n) is 0.613. The third-order valence-corrected chi connectivity index (χ3v) is 3.10. The van der Waals surface area contributed by atoms with Gasteiger partial charge in [-0.15, -0.1) is 0 Å². The van der Waals surface area contributed by atoms with Gasteiger partial charge in [0.15, 0.2) is 0 Å². The average Bonchev–Trinajstić information content (AvgIpc) is 1.81. The first-order valence-corrected chi connectivity index (χ1v) is 5.98. The van der Waals surface area contributed by atoms with Gasteiger partial charge in [-0.1, -0.05) is 13.3 Å². The Kier molecular flexibility index (Phi) is 12.9. The van der Waals surface area contributed by atoms with Gasteiger partial charge in [-0.3, -0.25) is 0 Å². The number of hydrogen-bond donors (Lipinski definition) is 2. The first-order chi connectivity index (χ1) is 6.12. The average molecular weight is 296 g/mol. The molecule has 0 bridgehead atoms. The van der Waals surface area contributed by atoms with E-state index in [-0.39, 0.29) is 50.8 Å². The van der Waals surface area contributed by atoms with Gasteiger partial charge in [-0.05, 0) is 0 Å². The van der Waals surface area contributed by atoms with Crippen LogP contribution >= 0.6 is 0 Å². The molecule has 1 aliphatic rings. The van der Waals surface area contributed by atoms with Crippen LogP contribution in [0.1, 0.15) is 6.42 Å². The number of nitrogens with two attached hydrogens (primary N) is 1. The Labute approximate surface area is 111 Å². The van der Waals surface area contributed by atoms with Crippen molar-refractivity contribution in [3.8, 4) is 0 Å². The van der Waals surface area contributed by atoms with Crippen molar-refractivity contribution in [3.05, 3.63) is 12.2 Å². The van der Waals surface area contributed by atoms with E-state index in [4.69, 9.17) is 5.73 Å². The number of nitrogens with zero attached hydrogens (tertiary/aromatic N) is 1. The Morgan fingerprint density at radius 1 is 1.36 bits per heavy atom. The molecule has 0 atom stereocenters. The number of rotatable bonds is 4. The molecular formula is C7H17N3O2SY-2. The molecule has 1 radical (unpaired) electrons. The molecule has 1 rings (SSSR count). The molecule has 83 valence electrons. The smallest absolute Gasteiger partial charge is 0.149 e. The summed E-state index contributed by atoms with van der Waals surface area (Å²) < 4.78 is 21.4. The minimum absolute atomic E-state index is 0. The molecule has 0 aromatic carbocycles. The zero-order valence-electron chi connectivity index (χ0n) is 8.28. The molecule has 0 unspecified atom stereocenters. The van der Waals surface area contributed by atoms with Crippen LogP contribution in [0, 0.1) is 6.92 Å². The fourth-order valence-corrected chi connectivity index (χ4v) is 1.62. The van der Waals surface area contributed by atoms with Gasteiger partial charge in [0, 0.05) is 45.0 Å². The Bertz CT molecular complexity index is 189. The zero-order valence-corrected chi connectivity index (χ0v) is 11.9. The third kappa shape index (κ3) is 11.0. The molecule has 1 fully saturated rings. The summed E-state index contributed by atoms with van der Waals surface area (Å²) in [5, 5.41) is 6.75. The maximum absolute atomic E-state index is 10.7. The zero-order chi connectivity index (χ0) is 10.2. The molecule has 7 heteroatoms. The van der Waals surface area contributed by atoms with Gasteiger partial charge < -0.3 is 23.3 Å². The summed E-state index contributed by atoms with van der Waals surface area (Å²) in [4.78, 5) is 0. The maximum atomic E-state index is 10.7. The molecule has 0 amide bonds. The number of nitrogens with one attached hydrogen (secondary N) is 1. The Hall–Kier alpha value is 0.934. The summed E-state index contributed by atoms with van der Waals surface area (Å²) in [5.74, 6) is 0.243. The van der Waals surface area contributed by atoms with Gasteiger partial charge in [0.1, 0.15) is 9.84 Å². The SMILES string of the molecule is C1[N-]CN1.[CH2-]CCS(=O)(=O)CCN.[Y]. The second-order valence-corrected chi connectivity index (χ2v) is 4.89. The van der Waals surface area contributed by atoms with Gasteiger partial charge in [-0.25, -0.2) is 8.42 Å². The molecule has 0 aromatic heterocycles. The van der Waals surface area contributed by atoms with Crippen molar-refractivity contribution in [2.75, 3.05) is 31.4 Å². The summed E-state index contributed by atoms with van der Waals surface area (Å²) in [6.45, 7) is 5.39. The Morgan fingerprint density at radius 2 is 1.79 bits per heavy atom. The summed E-state index contributed by atoms with van der Waals surface area (Å²) in [6, 6.07) is 0. The Balaban J connectivity index is 0. The molecule has 3 N–H and O–H groups in total. The summed E-state index contributed by atoms with van der Waals surface area (Å²) in [5.41, 5.74) is 5.05. The minimum atomic E-state index is -2.87.